The van der Waals surface area contributed by atoms with E-state index in [1.54, 1.807) is 6.07 Å². The van der Waals surface area contributed by atoms with Gasteiger partial charge in [-0.1, -0.05) is 11.6 Å². The van der Waals surface area contributed by atoms with Crippen molar-refractivity contribution in [3.05, 3.63) is 75.8 Å². The predicted octanol–water partition coefficient (Wildman–Crippen LogP) is 4.48. The van der Waals surface area contributed by atoms with Crippen LogP contribution in [0.3, 0.4) is 0 Å². The Morgan fingerprint density at radius 2 is 1.71 bits per heavy atom. The number of carbonyl (C=O) groups is 1. The van der Waals surface area contributed by atoms with Gasteiger partial charge in [0, 0.05) is 11.1 Å². The highest BCUT2D eigenvalue weighted by Crippen LogP contribution is 2.34. The fourth-order valence-electron chi connectivity index (χ4n) is 3.09. The van der Waals surface area contributed by atoms with E-state index in [-0.39, 0.29) is 40.7 Å². The number of hydrogen-bond donors (Lipinski definition) is 2. The third kappa shape index (κ3) is 3.99. The van der Waals surface area contributed by atoms with Crippen molar-refractivity contribution in [2.75, 3.05) is 10.4 Å². The first-order valence-electron chi connectivity index (χ1n) is 8.85. The van der Waals surface area contributed by atoms with Gasteiger partial charge in [0.15, 0.2) is 5.82 Å². The Kier molecular flexibility index (Phi) is 5.66. The average molecular weight is 453 g/mol. The number of pyridine rings is 1. The number of anilines is 2. The lowest BCUT2D eigenvalue weighted by atomic mass is 10.1. The standard InChI is InChI=1S/C20H13ClF4N4O2/c21-19-11(13(22)1-2-14(19)23)7-29-20-18(27-28-29)4-3-17(26-20)10-5-15(24)12(8-31-9-30)16(25)6-10/h1-6,9,27-28H,7-8H2. The lowest BCUT2D eigenvalue weighted by Gasteiger charge is -2.19. The molecule has 0 fully saturated rings. The molecule has 0 saturated carbocycles. The van der Waals surface area contributed by atoms with E-state index in [1.807, 2.05) is 0 Å². The fourth-order valence-corrected chi connectivity index (χ4v) is 3.30. The molecule has 160 valence electrons. The van der Waals surface area contributed by atoms with Crippen molar-refractivity contribution in [1.82, 2.24) is 10.5 Å². The molecule has 2 aromatic carbocycles. The molecule has 4 rings (SSSR count). The van der Waals surface area contributed by atoms with Crippen LogP contribution in [0.1, 0.15) is 11.1 Å². The Bertz CT molecular complexity index is 1160. The van der Waals surface area contributed by atoms with E-state index >= 15 is 0 Å². The Morgan fingerprint density at radius 1 is 1.00 bits per heavy atom. The van der Waals surface area contributed by atoms with Crippen molar-refractivity contribution in [1.29, 1.82) is 0 Å². The molecule has 1 aliphatic rings. The smallest absolute Gasteiger partial charge is 0.293 e. The summed E-state index contributed by atoms with van der Waals surface area (Å²) in [5.41, 5.74) is 5.95. The van der Waals surface area contributed by atoms with Gasteiger partial charge in [0.2, 0.25) is 0 Å². The number of hydrogen-bond acceptors (Lipinski definition) is 6. The van der Waals surface area contributed by atoms with Gasteiger partial charge in [0.05, 0.1) is 28.5 Å². The maximum absolute atomic E-state index is 14.3. The first kappa shape index (κ1) is 20.9. The van der Waals surface area contributed by atoms with E-state index in [9.17, 15) is 22.4 Å². The second-order valence-corrected chi connectivity index (χ2v) is 6.92. The van der Waals surface area contributed by atoms with Crippen LogP contribution in [0.2, 0.25) is 5.02 Å². The fraction of sp³-hybridized carbons (Fsp3) is 0.100. The van der Waals surface area contributed by atoms with Crippen LogP contribution in [0.25, 0.3) is 11.3 Å². The number of halogens is 5. The summed E-state index contributed by atoms with van der Waals surface area (Å²) in [6.07, 6.45) is 0. The van der Waals surface area contributed by atoms with Gasteiger partial charge < -0.3 is 10.2 Å². The third-order valence-electron chi connectivity index (χ3n) is 4.64. The van der Waals surface area contributed by atoms with Gasteiger partial charge in [-0.2, -0.15) is 0 Å². The second-order valence-electron chi connectivity index (χ2n) is 6.54. The molecule has 0 bridgehead atoms. The zero-order chi connectivity index (χ0) is 22.1. The normalized spacial score (nSPS) is 12.5. The molecule has 2 N–H and O–H groups in total. The highest BCUT2D eigenvalue weighted by Gasteiger charge is 2.24. The summed E-state index contributed by atoms with van der Waals surface area (Å²) in [6, 6.07) is 7.14. The van der Waals surface area contributed by atoms with Crippen molar-refractivity contribution in [3.63, 3.8) is 0 Å². The molecule has 6 nitrogen and oxygen atoms in total. The van der Waals surface area contributed by atoms with Gasteiger partial charge in [0.1, 0.15) is 29.9 Å². The highest BCUT2D eigenvalue weighted by molar-refractivity contribution is 6.31. The van der Waals surface area contributed by atoms with E-state index in [4.69, 9.17) is 11.6 Å². The molecule has 31 heavy (non-hydrogen) atoms. The number of nitrogens with one attached hydrogen (secondary N) is 2. The Morgan fingerprint density at radius 3 is 2.42 bits per heavy atom. The van der Waals surface area contributed by atoms with Crippen LogP contribution in [0, 0.1) is 23.3 Å². The zero-order valence-corrected chi connectivity index (χ0v) is 16.3. The monoisotopic (exact) mass is 452 g/mol. The summed E-state index contributed by atoms with van der Waals surface area (Å²) >= 11 is 5.89. The van der Waals surface area contributed by atoms with Crippen molar-refractivity contribution in [2.45, 2.75) is 13.2 Å². The molecular weight excluding hydrogens is 440 g/mol. The Labute approximate surface area is 178 Å². The van der Waals surface area contributed by atoms with Crippen molar-refractivity contribution >= 4 is 29.6 Å². The summed E-state index contributed by atoms with van der Waals surface area (Å²) in [7, 11) is 0. The summed E-state index contributed by atoms with van der Waals surface area (Å²) in [4.78, 5) is 14.7. The van der Waals surface area contributed by atoms with E-state index in [2.05, 4.69) is 20.7 Å². The van der Waals surface area contributed by atoms with E-state index in [0.717, 1.165) is 24.3 Å². The molecule has 0 saturated heterocycles. The van der Waals surface area contributed by atoms with E-state index in [0.29, 0.717) is 5.69 Å². The maximum Gasteiger partial charge on any atom is 0.293 e. The lowest BCUT2D eigenvalue weighted by molar-refractivity contribution is -0.129. The molecule has 11 heteroatoms. The van der Waals surface area contributed by atoms with Crippen LogP contribution in [-0.4, -0.2) is 11.5 Å². The van der Waals surface area contributed by atoms with Gasteiger partial charge in [0.25, 0.3) is 6.47 Å². The molecule has 1 aromatic heterocycles. The average Bonchev–Trinajstić information content (AvgIpc) is 3.15. The van der Waals surface area contributed by atoms with E-state index < -0.39 is 35.4 Å². The number of benzene rings is 2. The highest BCUT2D eigenvalue weighted by atomic mass is 35.5. The van der Waals surface area contributed by atoms with Crippen molar-refractivity contribution in [2.24, 2.45) is 0 Å². The van der Waals surface area contributed by atoms with Crippen LogP contribution in [0.5, 0.6) is 0 Å². The molecule has 0 amide bonds. The molecule has 1 aliphatic heterocycles. The first-order chi connectivity index (χ1) is 14.9. The molecule has 0 spiro atoms. The van der Waals surface area contributed by atoms with Gasteiger partial charge in [-0.3, -0.25) is 9.80 Å². The van der Waals surface area contributed by atoms with Crippen molar-refractivity contribution in [3.8, 4) is 11.3 Å². The molecule has 0 atom stereocenters. The van der Waals surface area contributed by atoms with Gasteiger partial charge in [-0.25, -0.2) is 22.5 Å². The maximum atomic E-state index is 14.3. The molecule has 0 unspecified atom stereocenters. The minimum absolute atomic E-state index is 0.0901. The van der Waals surface area contributed by atoms with Gasteiger partial charge >= 0.3 is 0 Å². The molecular formula is C20H13ClF4N4O2. The Hall–Kier alpha value is -3.37. The predicted molar refractivity (Wildman–Crippen MR) is 105 cm³/mol. The molecule has 2 heterocycles. The number of fused-ring (bicyclic) bond motifs is 1. The van der Waals surface area contributed by atoms with Crippen LogP contribution >= 0.6 is 11.6 Å². The topological polar surface area (TPSA) is 66.5 Å². The number of carbonyl (C=O) groups excluding carboxylic acids is 1. The second kappa shape index (κ2) is 8.40. The minimum atomic E-state index is -0.902. The minimum Gasteiger partial charge on any atom is -0.463 e. The van der Waals surface area contributed by atoms with Crippen LogP contribution < -0.4 is 16.0 Å². The number of ether oxygens (including phenoxy) is 1. The number of aromatic nitrogens is 1. The largest absolute Gasteiger partial charge is 0.463 e. The summed E-state index contributed by atoms with van der Waals surface area (Å²) in [5, 5.41) is 1.02. The van der Waals surface area contributed by atoms with Crippen molar-refractivity contribution < 1.29 is 27.1 Å². The van der Waals surface area contributed by atoms with E-state index in [1.165, 1.54) is 11.1 Å². The quantitative estimate of drug-likeness (QED) is 0.326. The summed E-state index contributed by atoms with van der Waals surface area (Å²) in [5.74, 6) is -2.99. The molecule has 0 radical (unpaired) electrons. The zero-order valence-electron chi connectivity index (χ0n) is 15.6. The molecule has 0 aliphatic carbocycles. The first-order valence-corrected chi connectivity index (χ1v) is 9.23. The van der Waals surface area contributed by atoms with Crippen LogP contribution in [-0.2, 0) is 22.7 Å². The van der Waals surface area contributed by atoms with Crippen LogP contribution in [0.15, 0.2) is 36.4 Å². The van der Waals surface area contributed by atoms with Gasteiger partial charge in [-0.05, 0) is 36.4 Å². The number of nitrogens with zero attached hydrogens (tertiary/aromatic N) is 2. The number of rotatable bonds is 6. The van der Waals surface area contributed by atoms with Gasteiger partial charge in [-0.15, -0.1) is 5.53 Å². The summed E-state index contributed by atoms with van der Waals surface area (Å²) in [6.45, 7) is -0.624. The Balaban J connectivity index is 1.67. The third-order valence-corrected chi connectivity index (χ3v) is 5.05. The SMILES string of the molecule is O=COCc1c(F)cc(-c2ccc3c(n2)N(Cc2c(F)ccc(F)c2Cl)NN3)cc1F. The lowest BCUT2D eigenvalue weighted by Crippen LogP contribution is -2.36. The molecule has 3 aromatic rings. The van der Waals surface area contributed by atoms with Crippen LogP contribution in [0.4, 0.5) is 29.1 Å². The number of hydrazine groups is 2. The summed E-state index contributed by atoms with van der Waals surface area (Å²) < 4.78 is 60.9.